The average Bonchev–Trinajstić information content (AvgIpc) is 2.29. The number of fused-ring (bicyclic) bond motifs is 1. The lowest BCUT2D eigenvalue weighted by Crippen LogP contribution is -2.16. The number of benzene rings is 1. The van der Waals surface area contributed by atoms with E-state index in [-0.39, 0.29) is 11.3 Å². The van der Waals surface area contributed by atoms with Crippen molar-refractivity contribution in [3.05, 3.63) is 52.8 Å². The number of hydrogen-bond donors (Lipinski definition) is 1. The third-order valence-electron chi connectivity index (χ3n) is 2.27. The van der Waals surface area contributed by atoms with Crippen molar-refractivity contribution >= 4 is 16.9 Å². The molecule has 0 bridgehead atoms. The summed E-state index contributed by atoms with van der Waals surface area (Å²) in [6.07, 6.45) is 0. The second kappa shape index (κ2) is 4.25. The maximum absolute atomic E-state index is 11.6. The predicted molar refractivity (Wildman–Crippen MR) is 65.0 cm³/mol. The number of H-pyrrole nitrogens is 1. The Balaban J connectivity index is 2.48. The van der Waals surface area contributed by atoms with Crippen LogP contribution < -0.4 is 10.3 Å². The van der Waals surface area contributed by atoms with Crippen molar-refractivity contribution in [2.24, 2.45) is 0 Å². The summed E-state index contributed by atoms with van der Waals surface area (Å²) in [6.45, 7) is 4.98. The van der Waals surface area contributed by atoms with E-state index >= 15 is 0 Å². The number of para-hydroxylation sites is 1. The Bertz CT molecular complexity index is 655. The molecule has 1 aromatic heterocycles. The topological polar surface area (TPSA) is 59.2 Å². The molecule has 0 saturated heterocycles. The number of aromatic nitrogens is 1. The minimum absolute atomic E-state index is 0.0169. The molecular formula is C13H11NO3. The standard InChI is InChI=1S/C13H11NO3/c1-8(2)13(16)17-11-7-9-5-3-4-6-10(9)14-12(11)15/h3-7H,1H2,2H3,(H,14,15). The van der Waals surface area contributed by atoms with Crippen LogP contribution in [0.4, 0.5) is 0 Å². The molecule has 0 aliphatic carbocycles. The van der Waals surface area contributed by atoms with Crippen LogP contribution in [0, 0.1) is 0 Å². The summed E-state index contributed by atoms with van der Waals surface area (Å²) in [7, 11) is 0. The van der Waals surface area contributed by atoms with Crippen LogP contribution in [0.3, 0.4) is 0 Å². The van der Waals surface area contributed by atoms with Crippen LogP contribution in [-0.2, 0) is 4.79 Å². The van der Waals surface area contributed by atoms with Gasteiger partial charge in [0.1, 0.15) is 0 Å². The number of hydrogen-bond acceptors (Lipinski definition) is 3. The maximum atomic E-state index is 11.6. The van der Waals surface area contributed by atoms with Gasteiger partial charge in [-0.15, -0.1) is 0 Å². The van der Waals surface area contributed by atoms with Crippen molar-refractivity contribution in [1.29, 1.82) is 0 Å². The molecule has 17 heavy (non-hydrogen) atoms. The molecule has 0 fully saturated rings. The molecule has 0 aliphatic heterocycles. The first-order valence-electron chi connectivity index (χ1n) is 5.07. The van der Waals surface area contributed by atoms with E-state index in [4.69, 9.17) is 4.74 Å². The largest absolute Gasteiger partial charge is 0.417 e. The Morgan fingerprint density at radius 2 is 2.06 bits per heavy atom. The van der Waals surface area contributed by atoms with Crippen molar-refractivity contribution in [2.75, 3.05) is 0 Å². The molecule has 1 N–H and O–H groups in total. The van der Waals surface area contributed by atoms with Crippen molar-refractivity contribution in [1.82, 2.24) is 4.98 Å². The SMILES string of the molecule is C=C(C)C(=O)Oc1cc2ccccc2[nH]c1=O. The number of nitrogens with one attached hydrogen (secondary N) is 1. The second-order valence-corrected chi connectivity index (χ2v) is 3.72. The molecule has 2 aromatic rings. The van der Waals surface area contributed by atoms with Crippen LogP contribution in [0.1, 0.15) is 6.92 Å². The summed E-state index contributed by atoms with van der Waals surface area (Å²) in [4.78, 5) is 25.6. The van der Waals surface area contributed by atoms with Gasteiger partial charge in [0.05, 0.1) is 0 Å². The molecule has 0 spiro atoms. The van der Waals surface area contributed by atoms with Crippen molar-refractivity contribution in [3.8, 4) is 5.75 Å². The van der Waals surface area contributed by atoms with Crippen molar-refractivity contribution in [2.45, 2.75) is 6.92 Å². The van der Waals surface area contributed by atoms with Crippen LogP contribution in [0.15, 0.2) is 47.3 Å². The third-order valence-corrected chi connectivity index (χ3v) is 2.27. The lowest BCUT2D eigenvalue weighted by atomic mass is 10.2. The van der Waals surface area contributed by atoms with Gasteiger partial charge in [-0.3, -0.25) is 4.79 Å². The van der Waals surface area contributed by atoms with Gasteiger partial charge in [0.25, 0.3) is 5.56 Å². The lowest BCUT2D eigenvalue weighted by molar-refractivity contribution is -0.130. The smallest absolute Gasteiger partial charge is 0.338 e. The van der Waals surface area contributed by atoms with Crippen LogP contribution in [-0.4, -0.2) is 11.0 Å². The number of pyridine rings is 1. The second-order valence-electron chi connectivity index (χ2n) is 3.72. The van der Waals surface area contributed by atoms with Gasteiger partial charge in [-0.2, -0.15) is 0 Å². The Hall–Kier alpha value is -2.36. The highest BCUT2D eigenvalue weighted by Gasteiger charge is 2.09. The molecule has 4 heteroatoms. The van der Waals surface area contributed by atoms with E-state index in [1.54, 1.807) is 6.07 Å². The summed E-state index contributed by atoms with van der Waals surface area (Å²) < 4.78 is 4.93. The van der Waals surface area contributed by atoms with E-state index in [0.717, 1.165) is 5.39 Å². The summed E-state index contributed by atoms with van der Waals surface area (Å²) in [5.74, 6) is -0.623. The average molecular weight is 229 g/mol. The number of ether oxygens (including phenoxy) is 1. The Morgan fingerprint density at radius 1 is 1.35 bits per heavy atom. The van der Waals surface area contributed by atoms with Gasteiger partial charge in [0.15, 0.2) is 5.75 Å². The van der Waals surface area contributed by atoms with Gasteiger partial charge >= 0.3 is 5.97 Å². The fraction of sp³-hybridized carbons (Fsp3) is 0.0769. The molecule has 2 rings (SSSR count). The monoisotopic (exact) mass is 229 g/mol. The van der Waals surface area contributed by atoms with Crippen molar-refractivity contribution < 1.29 is 9.53 Å². The van der Waals surface area contributed by atoms with Crippen molar-refractivity contribution in [3.63, 3.8) is 0 Å². The van der Waals surface area contributed by atoms with Gasteiger partial charge < -0.3 is 9.72 Å². The van der Waals surface area contributed by atoms with Gasteiger partial charge in [0.2, 0.25) is 0 Å². The van der Waals surface area contributed by atoms with Crippen LogP contribution in [0.5, 0.6) is 5.75 Å². The molecule has 0 aliphatic rings. The number of carbonyl (C=O) groups excluding carboxylic acids is 1. The van der Waals surface area contributed by atoms with E-state index < -0.39 is 11.5 Å². The number of carbonyl (C=O) groups is 1. The maximum Gasteiger partial charge on any atom is 0.338 e. The number of rotatable bonds is 2. The zero-order valence-corrected chi connectivity index (χ0v) is 9.32. The van der Waals surface area contributed by atoms with Gasteiger partial charge in [-0.05, 0) is 19.1 Å². The van der Waals surface area contributed by atoms with Gasteiger partial charge in [-0.1, -0.05) is 24.8 Å². The molecule has 1 aromatic carbocycles. The first kappa shape index (κ1) is 11.1. The van der Waals surface area contributed by atoms with Gasteiger partial charge in [0, 0.05) is 16.5 Å². The predicted octanol–water partition coefficient (Wildman–Crippen LogP) is 2.01. The first-order chi connectivity index (χ1) is 8.08. The lowest BCUT2D eigenvalue weighted by Gasteiger charge is -2.04. The minimum Gasteiger partial charge on any atom is -0.417 e. The molecule has 0 radical (unpaired) electrons. The third kappa shape index (κ3) is 2.25. The highest BCUT2D eigenvalue weighted by atomic mass is 16.5. The first-order valence-corrected chi connectivity index (χ1v) is 5.07. The highest BCUT2D eigenvalue weighted by molar-refractivity contribution is 5.89. The molecule has 0 saturated carbocycles. The Kier molecular flexibility index (Phi) is 2.78. The van der Waals surface area contributed by atoms with Gasteiger partial charge in [-0.25, -0.2) is 4.79 Å². The number of aromatic amines is 1. The summed E-state index contributed by atoms with van der Waals surface area (Å²) in [6, 6.07) is 8.79. The fourth-order valence-corrected chi connectivity index (χ4v) is 1.39. The summed E-state index contributed by atoms with van der Waals surface area (Å²) in [5, 5.41) is 0.802. The molecule has 0 atom stereocenters. The molecular weight excluding hydrogens is 218 g/mol. The number of esters is 1. The van der Waals surface area contributed by atoms with E-state index in [9.17, 15) is 9.59 Å². The molecule has 0 amide bonds. The van der Waals surface area contributed by atoms with Crippen LogP contribution in [0.2, 0.25) is 0 Å². The van der Waals surface area contributed by atoms with Crippen LogP contribution >= 0.6 is 0 Å². The molecule has 0 unspecified atom stereocenters. The minimum atomic E-state index is -0.606. The van der Waals surface area contributed by atoms with E-state index in [1.807, 2.05) is 18.2 Å². The quantitative estimate of drug-likeness (QED) is 0.633. The van der Waals surface area contributed by atoms with E-state index in [0.29, 0.717) is 5.52 Å². The highest BCUT2D eigenvalue weighted by Crippen LogP contribution is 2.14. The molecule has 1 heterocycles. The van der Waals surface area contributed by atoms with E-state index in [1.165, 1.54) is 13.0 Å². The zero-order chi connectivity index (χ0) is 12.4. The van der Waals surface area contributed by atoms with E-state index in [2.05, 4.69) is 11.6 Å². The van der Waals surface area contributed by atoms with Crippen LogP contribution in [0.25, 0.3) is 10.9 Å². The normalized spacial score (nSPS) is 10.2. The Morgan fingerprint density at radius 3 is 2.76 bits per heavy atom. The summed E-state index contributed by atoms with van der Waals surface area (Å²) in [5.41, 5.74) is 0.517. The molecule has 86 valence electrons. The molecule has 4 nitrogen and oxygen atoms in total. The fourth-order valence-electron chi connectivity index (χ4n) is 1.39. The Labute approximate surface area is 97.5 Å². The summed E-state index contributed by atoms with van der Waals surface area (Å²) >= 11 is 0. The zero-order valence-electron chi connectivity index (χ0n) is 9.32.